The Morgan fingerprint density at radius 1 is 1.00 bits per heavy atom. The summed E-state index contributed by atoms with van der Waals surface area (Å²) in [7, 11) is 1.62. The molecule has 0 aliphatic carbocycles. The Kier molecular flexibility index (Phi) is 4.57. The molecular weight excluding hydrogens is 300 g/mol. The van der Waals surface area contributed by atoms with E-state index in [0.29, 0.717) is 11.3 Å². The van der Waals surface area contributed by atoms with Crippen molar-refractivity contribution in [2.75, 3.05) is 7.11 Å². The predicted molar refractivity (Wildman–Crippen MR) is 96.6 cm³/mol. The van der Waals surface area contributed by atoms with Crippen molar-refractivity contribution in [1.29, 1.82) is 0 Å². The molecule has 0 aliphatic rings. The van der Waals surface area contributed by atoms with Gasteiger partial charge in [-0.1, -0.05) is 48.5 Å². The number of rotatable bonds is 4. The third kappa shape index (κ3) is 3.27. The summed E-state index contributed by atoms with van der Waals surface area (Å²) in [6.45, 7) is 1.85. The van der Waals surface area contributed by atoms with Gasteiger partial charge in [0.25, 0.3) is 5.91 Å². The van der Waals surface area contributed by atoms with Crippen LogP contribution in [0, 0.1) is 0 Å². The van der Waals surface area contributed by atoms with Crippen LogP contribution in [0.25, 0.3) is 10.8 Å². The minimum absolute atomic E-state index is 0.228. The first-order valence-corrected chi connectivity index (χ1v) is 7.66. The number of methoxy groups -OCH3 is 1. The molecule has 0 spiro atoms. The molecule has 4 nitrogen and oxygen atoms in total. The first kappa shape index (κ1) is 15.7. The molecule has 0 atom stereocenters. The fraction of sp³-hybridized carbons (Fsp3) is 0.100. The first-order chi connectivity index (χ1) is 11.7. The van der Waals surface area contributed by atoms with Gasteiger partial charge in [-0.2, -0.15) is 5.10 Å². The third-order valence-electron chi connectivity index (χ3n) is 3.85. The molecule has 24 heavy (non-hydrogen) atoms. The molecule has 1 N–H and O–H groups in total. The Hall–Kier alpha value is -3.14. The van der Waals surface area contributed by atoms with Crippen molar-refractivity contribution in [3.8, 4) is 5.75 Å². The molecule has 1 amide bonds. The molecule has 3 rings (SSSR count). The number of carbonyl (C=O) groups is 1. The summed E-state index contributed by atoms with van der Waals surface area (Å²) in [6, 6.07) is 21.0. The quantitative estimate of drug-likeness (QED) is 0.584. The summed E-state index contributed by atoms with van der Waals surface area (Å²) in [5.41, 5.74) is 4.85. The number of ether oxygens (including phenoxy) is 1. The monoisotopic (exact) mass is 318 g/mol. The maximum atomic E-state index is 12.5. The van der Waals surface area contributed by atoms with E-state index < -0.39 is 0 Å². The number of fused-ring (bicyclic) bond motifs is 1. The zero-order valence-corrected chi connectivity index (χ0v) is 13.6. The van der Waals surface area contributed by atoms with E-state index in [2.05, 4.69) is 10.5 Å². The summed E-state index contributed by atoms with van der Waals surface area (Å²) < 4.78 is 5.21. The van der Waals surface area contributed by atoms with Crippen LogP contribution in [0.5, 0.6) is 5.75 Å². The standard InChI is InChI=1S/C20H18N2O2/c1-14(16-9-5-10-17(13-16)24-2)21-22-20(23)19-12-6-8-15-7-3-4-11-18(15)19/h3-13H,1-2H3,(H,22,23)/b21-14+. The summed E-state index contributed by atoms with van der Waals surface area (Å²) in [4.78, 5) is 12.5. The van der Waals surface area contributed by atoms with E-state index in [1.807, 2.05) is 67.6 Å². The number of hydrogen-bond donors (Lipinski definition) is 1. The number of benzene rings is 3. The Bertz CT molecular complexity index is 911. The van der Waals surface area contributed by atoms with Gasteiger partial charge in [0.1, 0.15) is 5.75 Å². The highest BCUT2D eigenvalue weighted by Crippen LogP contribution is 2.18. The molecule has 0 saturated heterocycles. The molecule has 3 aromatic rings. The zero-order chi connectivity index (χ0) is 16.9. The van der Waals surface area contributed by atoms with Gasteiger partial charge in [0.15, 0.2) is 0 Å². The molecule has 0 unspecified atom stereocenters. The van der Waals surface area contributed by atoms with Crippen LogP contribution in [0.1, 0.15) is 22.8 Å². The van der Waals surface area contributed by atoms with Gasteiger partial charge in [0, 0.05) is 11.1 Å². The molecule has 120 valence electrons. The van der Waals surface area contributed by atoms with Gasteiger partial charge in [0.05, 0.1) is 12.8 Å². The second-order valence-electron chi connectivity index (χ2n) is 5.40. The van der Waals surface area contributed by atoms with Crippen LogP contribution < -0.4 is 10.2 Å². The first-order valence-electron chi connectivity index (χ1n) is 7.66. The second-order valence-corrected chi connectivity index (χ2v) is 5.40. The van der Waals surface area contributed by atoms with E-state index in [-0.39, 0.29) is 5.91 Å². The van der Waals surface area contributed by atoms with Crippen LogP contribution in [0.2, 0.25) is 0 Å². The van der Waals surface area contributed by atoms with Crippen molar-refractivity contribution in [2.24, 2.45) is 5.10 Å². The lowest BCUT2D eigenvalue weighted by molar-refractivity contribution is 0.0956. The van der Waals surface area contributed by atoms with Gasteiger partial charge in [0.2, 0.25) is 0 Å². The van der Waals surface area contributed by atoms with Crippen molar-refractivity contribution in [3.63, 3.8) is 0 Å². The predicted octanol–water partition coefficient (Wildman–Crippen LogP) is 4.00. The zero-order valence-electron chi connectivity index (χ0n) is 13.6. The van der Waals surface area contributed by atoms with Crippen molar-refractivity contribution in [3.05, 3.63) is 77.9 Å². The van der Waals surface area contributed by atoms with E-state index >= 15 is 0 Å². The van der Waals surface area contributed by atoms with Gasteiger partial charge in [-0.25, -0.2) is 5.43 Å². The van der Waals surface area contributed by atoms with E-state index in [0.717, 1.165) is 22.1 Å². The second kappa shape index (κ2) is 6.96. The minimum atomic E-state index is -0.228. The number of nitrogens with zero attached hydrogens (tertiary/aromatic N) is 1. The van der Waals surface area contributed by atoms with Crippen molar-refractivity contribution in [2.45, 2.75) is 6.92 Å². The van der Waals surface area contributed by atoms with E-state index in [1.54, 1.807) is 13.2 Å². The molecule has 0 saturated carbocycles. The Morgan fingerprint density at radius 3 is 2.58 bits per heavy atom. The van der Waals surface area contributed by atoms with Crippen molar-refractivity contribution < 1.29 is 9.53 Å². The van der Waals surface area contributed by atoms with Gasteiger partial charge in [-0.05, 0) is 35.9 Å². The van der Waals surface area contributed by atoms with Gasteiger partial charge in [-0.3, -0.25) is 4.79 Å². The largest absolute Gasteiger partial charge is 0.497 e. The Morgan fingerprint density at radius 2 is 1.75 bits per heavy atom. The highest BCUT2D eigenvalue weighted by molar-refractivity contribution is 6.08. The summed E-state index contributed by atoms with van der Waals surface area (Å²) in [5, 5.41) is 6.15. The number of amides is 1. The lowest BCUT2D eigenvalue weighted by atomic mass is 10.0. The van der Waals surface area contributed by atoms with Crippen LogP contribution in [0.4, 0.5) is 0 Å². The molecule has 0 radical (unpaired) electrons. The molecule has 3 aromatic carbocycles. The molecule has 0 fully saturated rings. The van der Waals surface area contributed by atoms with Crippen molar-refractivity contribution >= 4 is 22.4 Å². The van der Waals surface area contributed by atoms with Crippen LogP contribution in [0.15, 0.2) is 71.8 Å². The third-order valence-corrected chi connectivity index (χ3v) is 3.85. The molecule has 0 bridgehead atoms. The molecule has 4 heteroatoms. The van der Waals surface area contributed by atoms with Gasteiger partial charge < -0.3 is 4.74 Å². The lowest BCUT2D eigenvalue weighted by Crippen LogP contribution is -2.19. The fourth-order valence-corrected chi connectivity index (χ4v) is 2.53. The fourth-order valence-electron chi connectivity index (χ4n) is 2.53. The van der Waals surface area contributed by atoms with Gasteiger partial charge in [-0.15, -0.1) is 0 Å². The Labute approximate surface area is 140 Å². The number of hydrogen-bond acceptors (Lipinski definition) is 3. The van der Waals surface area contributed by atoms with Crippen LogP contribution >= 0.6 is 0 Å². The van der Waals surface area contributed by atoms with Crippen LogP contribution in [-0.2, 0) is 0 Å². The molecular formula is C20H18N2O2. The van der Waals surface area contributed by atoms with Crippen LogP contribution in [-0.4, -0.2) is 18.7 Å². The molecule has 0 heterocycles. The normalized spacial score (nSPS) is 11.3. The lowest BCUT2D eigenvalue weighted by Gasteiger charge is -2.07. The van der Waals surface area contributed by atoms with E-state index in [1.165, 1.54) is 0 Å². The smallest absolute Gasteiger partial charge is 0.272 e. The number of hydrazone groups is 1. The summed E-state index contributed by atoms with van der Waals surface area (Å²) in [6.07, 6.45) is 0. The summed E-state index contributed by atoms with van der Waals surface area (Å²) >= 11 is 0. The molecule has 0 aliphatic heterocycles. The topological polar surface area (TPSA) is 50.7 Å². The Balaban J connectivity index is 1.83. The SMILES string of the molecule is COc1cccc(/C(C)=N/NC(=O)c2cccc3ccccc23)c1. The minimum Gasteiger partial charge on any atom is -0.497 e. The highest BCUT2D eigenvalue weighted by Gasteiger charge is 2.09. The van der Waals surface area contributed by atoms with E-state index in [4.69, 9.17) is 4.74 Å². The number of nitrogens with one attached hydrogen (secondary N) is 1. The van der Waals surface area contributed by atoms with E-state index in [9.17, 15) is 4.79 Å². The highest BCUT2D eigenvalue weighted by atomic mass is 16.5. The number of carbonyl (C=O) groups excluding carboxylic acids is 1. The van der Waals surface area contributed by atoms with Crippen LogP contribution in [0.3, 0.4) is 0 Å². The average molecular weight is 318 g/mol. The maximum absolute atomic E-state index is 12.5. The maximum Gasteiger partial charge on any atom is 0.272 e. The van der Waals surface area contributed by atoms with Crippen molar-refractivity contribution in [1.82, 2.24) is 5.43 Å². The molecule has 0 aromatic heterocycles. The summed E-state index contributed by atoms with van der Waals surface area (Å²) in [5.74, 6) is 0.525. The average Bonchev–Trinajstić information content (AvgIpc) is 2.65. The van der Waals surface area contributed by atoms with Gasteiger partial charge >= 0.3 is 0 Å².